The van der Waals surface area contributed by atoms with Crippen molar-refractivity contribution in [2.45, 2.75) is 6.18 Å². The van der Waals surface area contributed by atoms with Crippen molar-refractivity contribution in [3.63, 3.8) is 0 Å². The molecular weight excluding hydrogens is 347 g/mol. The van der Waals surface area contributed by atoms with Crippen LogP contribution in [0.5, 0.6) is 0 Å². The number of halogens is 3. The van der Waals surface area contributed by atoms with Crippen LogP contribution in [0.1, 0.15) is 11.4 Å². The molecular formula is C13H6F3N5O2S. The lowest BCUT2D eigenvalue weighted by atomic mass is 10.2. The van der Waals surface area contributed by atoms with Crippen LogP contribution in [0.15, 0.2) is 27.8 Å². The van der Waals surface area contributed by atoms with E-state index in [4.69, 9.17) is 5.26 Å². The number of alkyl halides is 3. The highest BCUT2D eigenvalue weighted by molar-refractivity contribution is 7.10. The maximum atomic E-state index is 12.6. The number of rotatable bonds is 2. The first-order valence-corrected chi connectivity index (χ1v) is 7.11. The molecule has 0 atom stereocenters. The van der Waals surface area contributed by atoms with E-state index in [1.165, 1.54) is 18.2 Å². The number of nitrogens with one attached hydrogen (secondary N) is 3. The van der Waals surface area contributed by atoms with Crippen molar-refractivity contribution in [2.75, 3.05) is 5.32 Å². The molecule has 0 unspecified atom stereocenters. The Balaban J connectivity index is 2.06. The van der Waals surface area contributed by atoms with Crippen LogP contribution in [0.4, 0.5) is 23.9 Å². The molecule has 0 fully saturated rings. The molecule has 1 aromatic carbocycles. The normalized spacial score (nSPS) is 11.4. The first kappa shape index (κ1) is 15.8. The van der Waals surface area contributed by atoms with E-state index in [1.54, 1.807) is 11.1 Å². The third-order valence-electron chi connectivity index (χ3n) is 3.04. The van der Waals surface area contributed by atoms with Gasteiger partial charge in [-0.3, -0.25) is 14.0 Å². The molecule has 24 heavy (non-hydrogen) atoms. The van der Waals surface area contributed by atoms with E-state index in [0.717, 1.165) is 11.5 Å². The summed E-state index contributed by atoms with van der Waals surface area (Å²) in [6, 6.07) is 5.65. The van der Waals surface area contributed by atoms with Gasteiger partial charge >= 0.3 is 6.18 Å². The Hall–Kier alpha value is -3.13. The molecule has 0 spiro atoms. The number of fused-ring (bicyclic) bond motifs is 1. The summed E-state index contributed by atoms with van der Waals surface area (Å²) in [4.78, 5) is 28.3. The quantitative estimate of drug-likeness (QED) is 0.654. The third-order valence-corrected chi connectivity index (χ3v) is 3.84. The number of benzene rings is 1. The van der Waals surface area contributed by atoms with Crippen LogP contribution in [-0.2, 0) is 6.18 Å². The molecule has 0 radical (unpaired) electrons. The summed E-state index contributed by atoms with van der Waals surface area (Å²) in [7, 11) is 0. The molecule has 0 aliphatic heterocycles. The van der Waals surface area contributed by atoms with Crippen molar-refractivity contribution in [1.29, 1.82) is 5.26 Å². The lowest BCUT2D eigenvalue weighted by Gasteiger charge is -2.08. The van der Waals surface area contributed by atoms with Gasteiger partial charge in [0.05, 0.1) is 10.9 Å². The first-order chi connectivity index (χ1) is 11.3. The Labute approximate surface area is 134 Å². The number of hydrogen-bond acceptors (Lipinski definition) is 6. The van der Waals surface area contributed by atoms with E-state index in [0.29, 0.717) is 5.69 Å². The summed E-state index contributed by atoms with van der Waals surface area (Å²) in [5.74, 6) is -1.38. The van der Waals surface area contributed by atoms with Crippen molar-refractivity contribution >= 4 is 33.1 Å². The van der Waals surface area contributed by atoms with E-state index in [2.05, 4.69) is 14.7 Å². The lowest BCUT2D eigenvalue weighted by Crippen LogP contribution is -2.19. The summed E-state index contributed by atoms with van der Waals surface area (Å²) >= 11 is 0.890. The Kier molecular flexibility index (Phi) is 3.61. The highest BCUT2D eigenvalue weighted by Crippen LogP contribution is 2.27. The second kappa shape index (κ2) is 5.50. The van der Waals surface area contributed by atoms with Gasteiger partial charge in [0.25, 0.3) is 11.1 Å². The lowest BCUT2D eigenvalue weighted by molar-refractivity contribution is -0.144. The fourth-order valence-electron chi connectivity index (χ4n) is 1.97. The summed E-state index contributed by atoms with van der Waals surface area (Å²) in [6.07, 6.45) is -4.76. The van der Waals surface area contributed by atoms with Gasteiger partial charge < -0.3 is 10.3 Å². The van der Waals surface area contributed by atoms with Gasteiger partial charge in [-0.05, 0) is 29.7 Å². The minimum Gasteiger partial charge on any atom is -0.345 e. The largest absolute Gasteiger partial charge is 0.449 e. The number of nitriles is 1. The average Bonchev–Trinajstić information content (AvgIpc) is 2.86. The minimum absolute atomic E-state index is 0.0607. The van der Waals surface area contributed by atoms with Gasteiger partial charge in [-0.2, -0.15) is 18.4 Å². The highest BCUT2D eigenvalue weighted by atomic mass is 32.1. The molecule has 0 aliphatic rings. The molecule has 0 bridgehead atoms. The number of nitrogens with zero attached hydrogens (tertiary/aromatic N) is 2. The standard InChI is InChI=1S/C13H6F3N5O2S/c14-13(15,16)12-19-8-2-1-5(3-6(8)9(22)20-12)18-11-7(4-17)10(23)21-24-11/h1-3,18H,(H,21,23)(H,19,20,22). The summed E-state index contributed by atoms with van der Waals surface area (Å²) < 4.78 is 40.3. The second-order valence-electron chi connectivity index (χ2n) is 4.62. The summed E-state index contributed by atoms with van der Waals surface area (Å²) in [5.41, 5.74) is -1.43. The molecule has 2 aromatic heterocycles. The van der Waals surface area contributed by atoms with Crippen LogP contribution in [0.25, 0.3) is 10.9 Å². The Bertz CT molecular complexity index is 1090. The van der Waals surface area contributed by atoms with Gasteiger partial charge in [0.2, 0.25) is 5.82 Å². The van der Waals surface area contributed by atoms with Crippen LogP contribution < -0.4 is 16.4 Å². The van der Waals surface area contributed by atoms with Gasteiger partial charge in [0, 0.05) is 5.69 Å². The second-order valence-corrected chi connectivity index (χ2v) is 5.43. The van der Waals surface area contributed by atoms with E-state index < -0.39 is 23.1 Å². The fourth-order valence-corrected chi connectivity index (χ4v) is 2.68. The number of anilines is 2. The van der Waals surface area contributed by atoms with Crippen LogP contribution >= 0.6 is 11.5 Å². The monoisotopic (exact) mass is 353 g/mol. The van der Waals surface area contributed by atoms with Gasteiger partial charge in [-0.15, -0.1) is 0 Å². The number of hydrogen-bond donors (Lipinski definition) is 3. The predicted octanol–water partition coefficient (Wildman–Crippen LogP) is 2.31. The first-order valence-electron chi connectivity index (χ1n) is 6.29. The van der Waals surface area contributed by atoms with Crippen molar-refractivity contribution in [3.05, 3.63) is 50.3 Å². The minimum atomic E-state index is -4.76. The number of aromatic amines is 2. The maximum absolute atomic E-state index is 12.6. The fraction of sp³-hybridized carbons (Fsp3) is 0.0769. The SMILES string of the molecule is N#Cc1c(Nc2ccc3nc(C(F)(F)F)[nH]c(=O)c3c2)s[nH]c1=O. The topological polar surface area (TPSA) is 114 Å². The molecule has 11 heteroatoms. The molecule has 0 saturated heterocycles. The highest BCUT2D eigenvalue weighted by Gasteiger charge is 2.34. The summed E-state index contributed by atoms with van der Waals surface area (Å²) in [5, 5.41) is 11.9. The smallest absolute Gasteiger partial charge is 0.345 e. The van der Waals surface area contributed by atoms with Crippen molar-refractivity contribution in [1.82, 2.24) is 14.3 Å². The third kappa shape index (κ3) is 2.74. The van der Waals surface area contributed by atoms with Gasteiger partial charge in [0.1, 0.15) is 11.1 Å². The Morgan fingerprint density at radius 3 is 2.67 bits per heavy atom. The molecule has 7 nitrogen and oxygen atoms in total. The Morgan fingerprint density at radius 1 is 1.25 bits per heavy atom. The molecule has 0 amide bonds. The van der Waals surface area contributed by atoms with E-state index in [9.17, 15) is 22.8 Å². The van der Waals surface area contributed by atoms with Gasteiger partial charge in [-0.1, -0.05) is 0 Å². The van der Waals surface area contributed by atoms with Crippen LogP contribution in [-0.4, -0.2) is 14.3 Å². The van der Waals surface area contributed by atoms with Gasteiger partial charge in [-0.25, -0.2) is 4.98 Å². The molecule has 3 aromatic rings. The molecule has 3 rings (SSSR count). The van der Waals surface area contributed by atoms with E-state index in [1.807, 2.05) is 0 Å². The van der Waals surface area contributed by atoms with Crippen LogP contribution in [0.2, 0.25) is 0 Å². The van der Waals surface area contributed by atoms with Gasteiger partial charge in [0.15, 0.2) is 5.56 Å². The molecule has 3 N–H and O–H groups in total. The number of aromatic nitrogens is 3. The van der Waals surface area contributed by atoms with E-state index >= 15 is 0 Å². The zero-order chi connectivity index (χ0) is 17.5. The van der Waals surface area contributed by atoms with Crippen LogP contribution in [0, 0.1) is 11.3 Å². The van der Waals surface area contributed by atoms with Crippen molar-refractivity contribution < 1.29 is 13.2 Å². The van der Waals surface area contributed by atoms with E-state index in [-0.39, 0.29) is 21.5 Å². The maximum Gasteiger partial charge on any atom is 0.449 e. The average molecular weight is 353 g/mol. The summed E-state index contributed by atoms with van der Waals surface area (Å²) in [6.45, 7) is 0. The zero-order valence-corrected chi connectivity index (χ0v) is 12.3. The Morgan fingerprint density at radius 2 is 2.00 bits per heavy atom. The zero-order valence-electron chi connectivity index (χ0n) is 11.5. The predicted molar refractivity (Wildman–Crippen MR) is 80.3 cm³/mol. The van der Waals surface area contributed by atoms with Crippen LogP contribution in [0.3, 0.4) is 0 Å². The molecule has 0 aliphatic carbocycles. The number of H-pyrrole nitrogens is 2. The molecule has 2 heterocycles. The van der Waals surface area contributed by atoms with Crippen molar-refractivity contribution in [2.24, 2.45) is 0 Å². The molecule has 122 valence electrons. The molecule has 0 saturated carbocycles. The van der Waals surface area contributed by atoms with Crippen molar-refractivity contribution in [3.8, 4) is 6.07 Å².